The minimum absolute atomic E-state index is 0.0475. The van der Waals surface area contributed by atoms with Gasteiger partial charge in [-0.1, -0.05) is 23.8 Å². The fourth-order valence-corrected chi connectivity index (χ4v) is 5.86. The summed E-state index contributed by atoms with van der Waals surface area (Å²) in [6.45, 7) is 6.58. The average Bonchev–Trinajstić information content (AvgIpc) is 3.21. The first-order valence-electron chi connectivity index (χ1n) is 10.5. The van der Waals surface area contributed by atoms with Gasteiger partial charge in [-0.05, 0) is 62.9 Å². The van der Waals surface area contributed by atoms with Gasteiger partial charge in [-0.15, -0.1) is 0 Å². The van der Waals surface area contributed by atoms with E-state index in [1.54, 1.807) is 6.07 Å². The van der Waals surface area contributed by atoms with Crippen LogP contribution in [0.25, 0.3) is 0 Å². The van der Waals surface area contributed by atoms with Crippen LogP contribution in [-0.2, 0) is 14.8 Å². The van der Waals surface area contributed by atoms with E-state index in [2.05, 4.69) is 5.32 Å². The largest absolute Gasteiger partial charge is 0.454 e. The van der Waals surface area contributed by atoms with Crippen molar-refractivity contribution in [3.63, 3.8) is 0 Å². The molecule has 2 aliphatic rings. The van der Waals surface area contributed by atoms with Crippen LogP contribution in [0.4, 0.5) is 0 Å². The Morgan fingerprint density at radius 1 is 1.06 bits per heavy atom. The summed E-state index contributed by atoms with van der Waals surface area (Å²) in [6.07, 6.45) is 1.01. The molecule has 166 valence electrons. The zero-order valence-electron chi connectivity index (χ0n) is 18.1. The number of aryl methyl sites for hydroxylation is 2. The average molecular weight is 445 g/mol. The number of ether oxygens (including phenoxy) is 2. The van der Waals surface area contributed by atoms with E-state index in [-0.39, 0.29) is 24.7 Å². The molecule has 0 saturated carbocycles. The number of carbonyl (C=O) groups excluding carboxylic acids is 1. The topological polar surface area (TPSA) is 84.9 Å². The van der Waals surface area contributed by atoms with Gasteiger partial charge in [-0.2, -0.15) is 4.31 Å². The van der Waals surface area contributed by atoms with Gasteiger partial charge in [0.1, 0.15) is 0 Å². The number of sulfonamides is 1. The summed E-state index contributed by atoms with van der Waals surface area (Å²) in [5.74, 6) is 1.14. The van der Waals surface area contributed by atoms with Crippen molar-refractivity contribution in [1.29, 1.82) is 0 Å². The number of amides is 1. The normalized spacial score (nSPS) is 18.0. The zero-order chi connectivity index (χ0) is 22.2. The van der Waals surface area contributed by atoms with Gasteiger partial charge in [0, 0.05) is 19.0 Å². The number of carbonyl (C=O) groups is 1. The zero-order valence-corrected chi connectivity index (χ0v) is 18.9. The van der Waals surface area contributed by atoms with E-state index in [0.29, 0.717) is 42.3 Å². The molecule has 0 aliphatic carbocycles. The lowest BCUT2D eigenvalue weighted by atomic mass is 9.96. The molecule has 0 radical (unpaired) electrons. The highest BCUT2D eigenvalue weighted by Gasteiger charge is 2.33. The number of nitrogens with one attached hydrogen (secondary N) is 1. The summed E-state index contributed by atoms with van der Waals surface area (Å²) < 4.78 is 38.3. The summed E-state index contributed by atoms with van der Waals surface area (Å²) in [7, 11) is -3.55. The van der Waals surface area contributed by atoms with Crippen LogP contribution < -0.4 is 14.8 Å². The van der Waals surface area contributed by atoms with Gasteiger partial charge < -0.3 is 14.8 Å². The Kier molecular flexibility index (Phi) is 5.94. The summed E-state index contributed by atoms with van der Waals surface area (Å²) >= 11 is 0. The van der Waals surface area contributed by atoms with Gasteiger partial charge in [0.2, 0.25) is 22.7 Å². The van der Waals surface area contributed by atoms with Crippen molar-refractivity contribution >= 4 is 15.9 Å². The van der Waals surface area contributed by atoms with Crippen LogP contribution in [-0.4, -0.2) is 38.5 Å². The summed E-state index contributed by atoms with van der Waals surface area (Å²) in [5.41, 5.74) is 2.72. The van der Waals surface area contributed by atoms with Crippen LogP contribution in [0, 0.1) is 19.8 Å². The molecule has 31 heavy (non-hydrogen) atoms. The molecule has 1 N–H and O–H groups in total. The Morgan fingerprint density at radius 3 is 2.48 bits per heavy atom. The van der Waals surface area contributed by atoms with Gasteiger partial charge in [-0.3, -0.25) is 4.79 Å². The maximum atomic E-state index is 13.1. The van der Waals surface area contributed by atoms with Gasteiger partial charge in [-0.25, -0.2) is 8.42 Å². The minimum atomic E-state index is -3.55. The van der Waals surface area contributed by atoms with Crippen LogP contribution in [0.3, 0.4) is 0 Å². The van der Waals surface area contributed by atoms with Crippen LogP contribution in [0.5, 0.6) is 11.5 Å². The highest BCUT2D eigenvalue weighted by molar-refractivity contribution is 7.89. The predicted octanol–water partition coefficient (Wildman–Crippen LogP) is 3.31. The quantitative estimate of drug-likeness (QED) is 0.765. The second kappa shape index (κ2) is 8.51. The molecule has 0 bridgehead atoms. The monoisotopic (exact) mass is 444 g/mol. The summed E-state index contributed by atoms with van der Waals surface area (Å²) in [4.78, 5) is 13.1. The molecule has 1 fully saturated rings. The minimum Gasteiger partial charge on any atom is -0.454 e. The van der Waals surface area contributed by atoms with Crippen molar-refractivity contribution in [1.82, 2.24) is 9.62 Å². The van der Waals surface area contributed by atoms with Crippen LogP contribution in [0.1, 0.15) is 42.5 Å². The molecular weight excluding hydrogens is 416 g/mol. The van der Waals surface area contributed by atoms with E-state index >= 15 is 0 Å². The van der Waals surface area contributed by atoms with Crippen molar-refractivity contribution in [2.75, 3.05) is 19.9 Å². The molecule has 8 heteroatoms. The maximum absolute atomic E-state index is 13.1. The fraction of sp³-hybridized carbons (Fsp3) is 0.435. The summed E-state index contributed by atoms with van der Waals surface area (Å²) in [6, 6.07) is 10.8. The highest BCUT2D eigenvalue weighted by Crippen LogP contribution is 2.34. The standard InChI is InChI=1S/C23H28N2O5S/c1-15-4-7-22(16(2)12-15)31(27,28)25-10-8-18(9-11-25)23(26)24-17(3)19-5-6-20-21(13-19)30-14-29-20/h4-7,12-13,17-18H,8-11,14H2,1-3H3,(H,24,26). The van der Waals surface area contributed by atoms with E-state index < -0.39 is 10.0 Å². The van der Waals surface area contributed by atoms with E-state index in [1.165, 1.54) is 4.31 Å². The van der Waals surface area contributed by atoms with E-state index in [1.807, 2.05) is 51.1 Å². The number of hydrogen-bond acceptors (Lipinski definition) is 5. The molecule has 1 atom stereocenters. The molecule has 1 amide bonds. The number of hydrogen-bond donors (Lipinski definition) is 1. The second-order valence-electron chi connectivity index (χ2n) is 8.29. The molecule has 7 nitrogen and oxygen atoms in total. The predicted molar refractivity (Wildman–Crippen MR) is 117 cm³/mol. The number of piperidine rings is 1. The smallest absolute Gasteiger partial charge is 0.243 e. The third-order valence-corrected chi connectivity index (χ3v) is 8.09. The first-order chi connectivity index (χ1) is 14.8. The van der Waals surface area contributed by atoms with E-state index in [0.717, 1.165) is 16.7 Å². The molecular formula is C23H28N2O5S. The first-order valence-corrected chi connectivity index (χ1v) is 12.0. The third-order valence-electron chi connectivity index (χ3n) is 6.03. The Morgan fingerprint density at radius 2 is 1.77 bits per heavy atom. The summed E-state index contributed by atoms with van der Waals surface area (Å²) in [5, 5.41) is 3.05. The number of nitrogens with zero attached hydrogens (tertiary/aromatic N) is 1. The molecule has 2 aromatic carbocycles. The van der Waals surface area contributed by atoms with Crippen molar-refractivity contribution in [2.24, 2.45) is 5.92 Å². The molecule has 1 saturated heterocycles. The van der Waals surface area contributed by atoms with E-state index in [4.69, 9.17) is 9.47 Å². The molecule has 1 unspecified atom stereocenters. The lowest BCUT2D eigenvalue weighted by molar-refractivity contribution is -0.126. The van der Waals surface area contributed by atoms with Crippen molar-refractivity contribution in [3.05, 3.63) is 53.1 Å². The number of fused-ring (bicyclic) bond motifs is 1. The highest BCUT2D eigenvalue weighted by atomic mass is 32.2. The van der Waals surface area contributed by atoms with Crippen LogP contribution >= 0.6 is 0 Å². The van der Waals surface area contributed by atoms with E-state index in [9.17, 15) is 13.2 Å². The van der Waals surface area contributed by atoms with Gasteiger partial charge in [0.15, 0.2) is 11.5 Å². The Balaban J connectivity index is 1.36. The lowest BCUT2D eigenvalue weighted by Gasteiger charge is -2.31. The SMILES string of the molecule is Cc1ccc(S(=O)(=O)N2CCC(C(=O)NC(C)c3ccc4c(c3)OCO4)CC2)c(C)c1. The molecule has 2 aliphatic heterocycles. The third kappa shape index (κ3) is 4.41. The van der Waals surface area contributed by atoms with Gasteiger partial charge in [0.05, 0.1) is 10.9 Å². The number of benzene rings is 2. The van der Waals surface area contributed by atoms with Crippen molar-refractivity contribution in [2.45, 2.75) is 44.6 Å². The van der Waals surface area contributed by atoms with Gasteiger partial charge >= 0.3 is 0 Å². The number of rotatable bonds is 5. The molecule has 0 aromatic heterocycles. The maximum Gasteiger partial charge on any atom is 0.243 e. The van der Waals surface area contributed by atoms with Crippen molar-refractivity contribution in [3.8, 4) is 11.5 Å². The molecule has 4 rings (SSSR count). The van der Waals surface area contributed by atoms with Crippen LogP contribution in [0.15, 0.2) is 41.3 Å². The molecule has 2 aromatic rings. The van der Waals surface area contributed by atoms with Gasteiger partial charge in [0.25, 0.3) is 0 Å². The Labute approximate surface area is 183 Å². The molecule has 2 heterocycles. The first kappa shape index (κ1) is 21.6. The Hall–Kier alpha value is -2.58. The van der Waals surface area contributed by atoms with Crippen molar-refractivity contribution < 1.29 is 22.7 Å². The second-order valence-corrected chi connectivity index (χ2v) is 10.2. The lowest BCUT2D eigenvalue weighted by Crippen LogP contribution is -2.43. The molecule has 0 spiro atoms. The Bertz CT molecular complexity index is 1090. The fourth-order valence-electron chi connectivity index (χ4n) is 4.18. The van der Waals surface area contributed by atoms with Crippen LogP contribution in [0.2, 0.25) is 0 Å².